The van der Waals surface area contributed by atoms with Gasteiger partial charge in [-0.15, -0.1) is 0 Å². The molecule has 0 aliphatic heterocycles. The minimum absolute atomic E-state index is 0.0703. The summed E-state index contributed by atoms with van der Waals surface area (Å²) in [5.74, 6) is -12.3. The van der Waals surface area contributed by atoms with Gasteiger partial charge in [-0.05, 0) is 68.3 Å². The molecule has 0 saturated heterocycles. The van der Waals surface area contributed by atoms with Crippen molar-refractivity contribution in [1.29, 1.82) is 0 Å². The van der Waals surface area contributed by atoms with E-state index in [1.54, 1.807) is 24.3 Å². The number of aromatic hydroxyl groups is 10. The molecular weight excluding hydrogens is 666 g/mol. The van der Waals surface area contributed by atoms with Gasteiger partial charge >= 0.3 is 0 Å². The number of anilines is 2. The van der Waals surface area contributed by atoms with E-state index < -0.39 is 74.3 Å². The number of hydrogen-bond donors (Lipinski definition) is 10. The highest BCUT2D eigenvalue weighted by molar-refractivity contribution is 5.98. The molecule has 11 heteroatoms. The monoisotopic (exact) mass is 703 g/mol. The lowest BCUT2D eigenvalue weighted by molar-refractivity contribution is 0.326. The number of benzene rings is 4. The smallest absolute Gasteiger partial charge is 0.208 e. The van der Waals surface area contributed by atoms with Crippen molar-refractivity contribution in [3.63, 3.8) is 0 Å². The summed E-state index contributed by atoms with van der Waals surface area (Å²) in [7, 11) is 0. The van der Waals surface area contributed by atoms with Crippen LogP contribution in [0, 0.1) is 0 Å². The van der Waals surface area contributed by atoms with Gasteiger partial charge in [0.15, 0.2) is 23.0 Å². The fourth-order valence-corrected chi connectivity index (χ4v) is 7.88. The molecule has 52 heavy (non-hydrogen) atoms. The summed E-state index contributed by atoms with van der Waals surface area (Å²) >= 11 is 0. The summed E-state index contributed by atoms with van der Waals surface area (Å²) in [5, 5.41) is 108. The van der Waals surface area contributed by atoms with E-state index in [0.29, 0.717) is 5.57 Å². The van der Waals surface area contributed by atoms with Crippen LogP contribution >= 0.6 is 0 Å². The van der Waals surface area contributed by atoms with E-state index in [1.165, 1.54) is 5.56 Å². The molecule has 266 valence electrons. The zero-order chi connectivity index (χ0) is 37.8. The second kappa shape index (κ2) is 11.2. The number of phenols is 10. The molecule has 11 nitrogen and oxygen atoms in total. The summed E-state index contributed by atoms with van der Waals surface area (Å²) in [4.78, 5) is 0.820. The highest BCUT2D eigenvalue weighted by Crippen LogP contribution is 2.65. The Labute approximate surface area is 298 Å². The molecule has 0 saturated carbocycles. The fourth-order valence-electron chi connectivity index (χ4n) is 7.88. The number of rotatable bonds is 5. The number of nitrogens with zero attached hydrogens (tertiary/aromatic N) is 1. The van der Waals surface area contributed by atoms with Crippen molar-refractivity contribution in [1.82, 2.24) is 0 Å². The molecule has 3 aliphatic carbocycles. The van der Waals surface area contributed by atoms with Crippen molar-refractivity contribution >= 4 is 16.9 Å². The molecule has 0 amide bonds. The van der Waals surface area contributed by atoms with Gasteiger partial charge in [0, 0.05) is 22.9 Å². The standard InChI is InChI=1S/C41H37NO10/c1-6-7-8-11-18-14-19(42(28-30(43)34(47)38(51)35(48)31(28)44)29-32(45)36(49)39(52)37(50)33(29)46)15-26-27(18)22-17-24-21(16-25(22)41(26,4)5)20-12-9-10-13-23(20)40(24,2)3/h6-13,15-17,43-52H,1,14H2,2-5H3/b8-7-,18-11+. The summed E-state index contributed by atoms with van der Waals surface area (Å²) in [6.07, 6.45) is 8.52. The molecule has 3 aliphatic rings. The lowest BCUT2D eigenvalue weighted by Crippen LogP contribution is -2.23. The summed E-state index contributed by atoms with van der Waals surface area (Å²) in [6.45, 7) is 12.2. The maximum Gasteiger partial charge on any atom is 0.208 e. The van der Waals surface area contributed by atoms with E-state index in [-0.39, 0.29) is 17.5 Å². The molecule has 0 spiro atoms. The first-order chi connectivity index (χ1) is 24.5. The van der Waals surface area contributed by atoms with Crippen LogP contribution in [0.15, 0.2) is 90.2 Å². The average molecular weight is 704 g/mol. The first-order valence-corrected chi connectivity index (χ1v) is 16.4. The summed E-state index contributed by atoms with van der Waals surface area (Å²) in [6, 6.07) is 12.7. The lowest BCUT2D eigenvalue weighted by atomic mass is 9.77. The van der Waals surface area contributed by atoms with Crippen LogP contribution in [-0.4, -0.2) is 51.1 Å². The first-order valence-electron chi connectivity index (χ1n) is 16.4. The second-order valence-electron chi connectivity index (χ2n) is 14.2. The van der Waals surface area contributed by atoms with Crippen LogP contribution in [0.4, 0.5) is 11.4 Å². The molecule has 0 bridgehead atoms. The van der Waals surface area contributed by atoms with Crippen molar-refractivity contribution in [2.45, 2.75) is 44.9 Å². The lowest BCUT2D eigenvalue weighted by Gasteiger charge is -2.34. The van der Waals surface area contributed by atoms with Gasteiger partial charge in [-0.3, -0.25) is 0 Å². The SMILES string of the molecule is C=C/C=C\C=C1/CC(N(c2c(O)c(O)c(O)c(O)c2O)c2c(O)c(O)c(O)c(O)c2O)=CC2=C1c1cc3c(cc1C2(C)C)-c1ccccc1C3(C)C. The zero-order valence-corrected chi connectivity index (χ0v) is 28.7. The highest BCUT2D eigenvalue weighted by Gasteiger charge is 2.45. The van der Waals surface area contributed by atoms with Crippen LogP contribution in [0.25, 0.3) is 16.7 Å². The average Bonchev–Trinajstić information content (AvgIpc) is 3.49. The largest absolute Gasteiger partial charge is 0.503 e. The van der Waals surface area contributed by atoms with Crippen molar-refractivity contribution < 1.29 is 51.1 Å². The first kappa shape index (κ1) is 33.9. The third kappa shape index (κ3) is 4.38. The topological polar surface area (TPSA) is 206 Å². The van der Waals surface area contributed by atoms with Crippen molar-refractivity contribution in [2.24, 2.45) is 0 Å². The molecule has 0 unspecified atom stereocenters. The van der Waals surface area contributed by atoms with Crippen molar-refractivity contribution in [3.05, 3.63) is 112 Å². The molecule has 0 fully saturated rings. The van der Waals surface area contributed by atoms with Gasteiger partial charge in [-0.2, -0.15) is 0 Å². The Morgan fingerprint density at radius 1 is 0.577 bits per heavy atom. The van der Waals surface area contributed by atoms with Crippen LogP contribution in [0.5, 0.6) is 57.5 Å². The minimum atomic E-state index is -1.26. The van der Waals surface area contributed by atoms with E-state index in [4.69, 9.17) is 0 Å². The van der Waals surface area contributed by atoms with Gasteiger partial charge < -0.3 is 56.0 Å². The van der Waals surface area contributed by atoms with E-state index in [0.717, 1.165) is 43.9 Å². The minimum Gasteiger partial charge on any atom is -0.503 e. The predicted octanol–water partition coefficient (Wildman–Crippen LogP) is 7.89. The number of fused-ring (bicyclic) bond motifs is 5. The maximum atomic E-state index is 11.2. The van der Waals surface area contributed by atoms with Crippen LogP contribution in [0.1, 0.15) is 56.4 Å². The number of hydrogen-bond acceptors (Lipinski definition) is 11. The Kier molecular flexibility index (Phi) is 7.29. The van der Waals surface area contributed by atoms with E-state index in [9.17, 15) is 51.1 Å². The summed E-state index contributed by atoms with van der Waals surface area (Å²) < 4.78 is 0. The quantitative estimate of drug-likeness (QED) is 0.0550. The Hall–Kier alpha value is -6.62. The molecule has 0 atom stereocenters. The van der Waals surface area contributed by atoms with Gasteiger partial charge in [0.25, 0.3) is 0 Å². The normalized spacial score (nSPS) is 17.2. The molecule has 0 aromatic heterocycles. The second-order valence-corrected chi connectivity index (χ2v) is 14.2. The van der Waals surface area contributed by atoms with E-state index >= 15 is 0 Å². The van der Waals surface area contributed by atoms with Crippen LogP contribution in [-0.2, 0) is 10.8 Å². The Bertz CT molecular complexity index is 2280. The van der Waals surface area contributed by atoms with Gasteiger partial charge in [-0.1, -0.05) is 82.8 Å². The van der Waals surface area contributed by atoms with Crippen molar-refractivity contribution in [3.8, 4) is 68.6 Å². The molecule has 0 radical (unpaired) electrons. The Balaban J connectivity index is 1.56. The molecule has 10 N–H and O–H groups in total. The molecule has 7 rings (SSSR count). The van der Waals surface area contributed by atoms with E-state index in [2.05, 4.69) is 44.7 Å². The number of phenolic OH excluding ortho intramolecular Hbond substituents is 10. The van der Waals surface area contributed by atoms with Crippen LogP contribution in [0.2, 0.25) is 0 Å². The predicted molar refractivity (Wildman–Crippen MR) is 196 cm³/mol. The van der Waals surface area contributed by atoms with Gasteiger partial charge in [0.05, 0.1) is 0 Å². The molecule has 4 aromatic rings. The fraction of sp³-hybridized carbons (Fsp3) is 0.171. The Morgan fingerprint density at radius 3 is 1.60 bits per heavy atom. The molecule has 4 aromatic carbocycles. The third-order valence-electron chi connectivity index (χ3n) is 10.6. The molecular formula is C41H37NO10. The molecule has 0 heterocycles. The van der Waals surface area contributed by atoms with Gasteiger partial charge in [0.2, 0.25) is 34.5 Å². The summed E-state index contributed by atoms with van der Waals surface area (Å²) in [5.41, 5.74) is 6.24. The van der Waals surface area contributed by atoms with E-state index in [1.807, 2.05) is 32.1 Å². The number of allylic oxidation sites excluding steroid dienone is 8. The van der Waals surface area contributed by atoms with Crippen molar-refractivity contribution in [2.75, 3.05) is 4.90 Å². The van der Waals surface area contributed by atoms with Crippen LogP contribution < -0.4 is 4.90 Å². The van der Waals surface area contributed by atoms with Gasteiger partial charge in [0.1, 0.15) is 11.4 Å². The highest BCUT2D eigenvalue weighted by atomic mass is 16.4. The maximum absolute atomic E-state index is 11.2. The van der Waals surface area contributed by atoms with Gasteiger partial charge in [-0.25, -0.2) is 0 Å². The zero-order valence-electron chi connectivity index (χ0n) is 28.7. The third-order valence-corrected chi connectivity index (χ3v) is 10.6. The Morgan fingerprint density at radius 2 is 1.06 bits per heavy atom. The van der Waals surface area contributed by atoms with Crippen LogP contribution in [0.3, 0.4) is 0 Å².